The summed E-state index contributed by atoms with van der Waals surface area (Å²) in [5.74, 6) is 0.806. The highest BCUT2D eigenvalue weighted by Crippen LogP contribution is 2.27. The number of halogens is 1. The Balaban J connectivity index is 2.05. The van der Waals surface area contributed by atoms with Crippen molar-refractivity contribution in [1.82, 2.24) is 4.90 Å². The van der Waals surface area contributed by atoms with Crippen LogP contribution in [0.3, 0.4) is 0 Å². The predicted molar refractivity (Wildman–Crippen MR) is 74.5 cm³/mol. The van der Waals surface area contributed by atoms with E-state index in [0.717, 1.165) is 31.1 Å². The summed E-state index contributed by atoms with van der Waals surface area (Å²) in [6, 6.07) is 5.39. The molecule has 0 radical (unpaired) electrons. The molecule has 98 valence electrons. The highest BCUT2D eigenvalue weighted by molar-refractivity contribution is 9.10. The standard InChI is InChI=1S/C13H17BrN2O2/c1-10-4-6-15(7-5-10)9-11-2-3-12(14)13(8-11)16(17)18/h2-3,8,10H,4-7,9H2,1H3. The van der Waals surface area contributed by atoms with E-state index in [-0.39, 0.29) is 10.6 Å². The molecular weight excluding hydrogens is 296 g/mol. The molecule has 1 fully saturated rings. The van der Waals surface area contributed by atoms with Crippen molar-refractivity contribution in [2.24, 2.45) is 5.92 Å². The third kappa shape index (κ3) is 3.29. The number of likely N-dealkylation sites (tertiary alicyclic amines) is 1. The third-order valence-electron chi connectivity index (χ3n) is 3.49. The van der Waals surface area contributed by atoms with Crippen molar-refractivity contribution in [2.45, 2.75) is 26.3 Å². The maximum atomic E-state index is 10.9. The second-order valence-corrected chi connectivity index (χ2v) is 5.86. The van der Waals surface area contributed by atoms with Crippen molar-refractivity contribution < 1.29 is 4.92 Å². The van der Waals surface area contributed by atoms with Crippen molar-refractivity contribution in [3.8, 4) is 0 Å². The summed E-state index contributed by atoms with van der Waals surface area (Å²) in [5.41, 5.74) is 1.16. The van der Waals surface area contributed by atoms with Crippen LogP contribution in [0.15, 0.2) is 22.7 Å². The summed E-state index contributed by atoms with van der Waals surface area (Å²) in [5, 5.41) is 10.9. The van der Waals surface area contributed by atoms with E-state index in [0.29, 0.717) is 4.47 Å². The van der Waals surface area contributed by atoms with Crippen LogP contribution in [0.4, 0.5) is 5.69 Å². The van der Waals surface area contributed by atoms with Gasteiger partial charge in [0.25, 0.3) is 5.69 Å². The van der Waals surface area contributed by atoms with Gasteiger partial charge in [-0.05, 0) is 59.4 Å². The molecule has 0 bridgehead atoms. The number of nitro benzene ring substituents is 1. The van der Waals surface area contributed by atoms with Gasteiger partial charge in [0.15, 0.2) is 0 Å². The number of nitrogens with zero attached hydrogens (tertiary/aromatic N) is 2. The SMILES string of the molecule is CC1CCN(Cc2ccc(Br)c([N+](=O)[O-])c2)CC1. The topological polar surface area (TPSA) is 46.4 Å². The lowest BCUT2D eigenvalue weighted by Crippen LogP contribution is -2.32. The number of rotatable bonds is 3. The summed E-state index contributed by atoms with van der Waals surface area (Å²) in [7, 11) is 0. The van der Waals surface area contributed by atoms with E-state index in [2.05, 4.69) is 27.8 Å². The molecule has 0 aromatic heterocycles. The van der Waals surface area contributed by atoms with E-state index in [9.17, 15) is 10.1 Å². The minimum absolute atomic E-state index is 0.151. The van der Waals surface area contributed by atoms with Gasteiger partial charge in [-0.25, -0.2) is 0 Å². The lowest BCUT2D eigenvalue weighted by Gasteiger charge is -2.30. The quantitative estimate of drug-likeness (QED) is 0.633. The van der Waals surface area contributed by atoms with Crippen molar-refractivity contribution in [3.63, 3.8) is 0 Å². The van der Waals surface area contributed by atoms with Crippen LogP contribution in [0.5, 0.6) is 0 Å². The van der Waals surface area contributed by atoms with Crippen LogP contribution in [0.2, 0.25) is 0 Å². The number of benzene rings is 1. The van der Waals surface area contributed by atoms with Gasteiger partial charge in [-0.3, -0.25) is 15.0 Å². The summed E-state index contributed by atoms with van der Waals surface area (Å²) < 4.78 is 0.545. The Morgan fingerprint density at radius 3 is 2.72 bits per heavy atom. The minimum Gasteiger partial charge on any atom is -0.299 e. The summed E-state index contributed by atoms with van der Waals surface area (Å²) in [6.07, 6.45) is 2.44. The second-order valence-electron chi connectivity index (χ2n) is 5.00. The van der Waals surface area contributed by atoms with Gasteiger partial charge in [0.1, 0.15) is 0 Å². The highest BCUT2D eigenvalue weighted by atomic mass is 79.9. The average molecular weight is 313 g/mol. The number of hydrogen-bond acceptors (Lipinski definition) is 3. The van der Waals surface area contributed by atoms with Crippen molar-refractivity contribution in [1.29, 1.82) is 0 Å². The van der Waals surface area contributed by atoms with E-state index in [4.69, 9.17) is 0 Å². The summed E-state index contributed by atoms with van der Waals surface area (Å²) >= 11 is 3.21. The van der Waals surface area contributed by atoms with Gasteiger partial charge < -0.3 is 0 Å². The molecule has 1 heterocycles. The summed E-state index contributed by atoms with van der Waals surface area (Å²) in [6.45, 7) is 5.26. The first-order valence-corrected chi connectivity index (χ1v) is 7.00. The molecule has 0 saturated carbocycles. The van der Waals surface area contributed by atoms with Crippen LogP contribution in [-0.2, 0) is 6.54 Å². The molecule has 0 amide bonds. The van der Waals surface area contributed by atoms with Crippen LogP contribution in [0.1, 0.15) is 25.3 Å². The van der Waals surface area contributed by atoms with Gasteiger partial charge in [-0.15, -0.1) is 0 Å². The zero-order chi connectivity index (χ0) is 13.1. The zero-order valence-electron chi connectivity index (χ0n) is 10.4. The molecule has 1 saturated heterocycles. The van der Waals surface area contributed by atoms with Gasteiger partial charge in [-0.1, -0.05) is 13.0 Å². The fourth-order valence-electron chi connectivity index (χ4n) is 2.27. The third-order valence-corrected chi connectivity index (χ3v) is 4.16. The lowest BCUT2D eigenvalue weighted by atomic mass is 9.99. The first kappa shape index (κ1) is 13.5. The molecule has 0 unspecified atom stereocenters. The van der Waals surface area contributed by atoms with E-state index in [1.807, 2.05) is 6.07 Å². The Morgan fingerprint density at radius 2 is 2.11 bits per heavy atom. The molecule has 0 N–H and O–H groups in total. The molecule has 1 aromatic rings. The molecule has 4 nitrogen and oxygen atoms in total. The molecule has 1 aliphatic rings. The summed E-state index contributed by atoms with van der Waals surface area (Å²) in [4.78, 5) is 12.9. The van der Waals surface area contributed by atoms with Gasteiger partial charge in [0.2, 0.25) is 0 Å². The maximum absolute atomic E-state index is 10.9. The van der Waals surface area contributed by atoms with Gasteiger partial charge in [0, 0.05) is 12.6 Å². The van der Waals surface area contributed by atoms with Gasteiger partial charge in [0.05, 0.1) is 9.40 Å². The van der Waals surface area contributed by atoms with Crippen LogP contribution in [-0.4, -0.2) is 22.9 Å². The van der Waals surface area contributed by atoms with Gasteiger partial charge >= 0.3 is 0 Å². The lowest BCUT2D eigenvalue weighted by molar-refractivity contribution is -0.385. The second kappa shape index (κ2) is 5.80. The number of nitro groups is 1. The zero-order valence-corrected chi connectivity index (χ0v) is 12.0. The molecule has 18 heavy (non-hydrogen) atoms. The van der Waals surface area contributed by atoms with Crippen LogP contribution in [0, 0.1) is 16.0 Å². The van der Waals surface area contributed by atoms with E-state index >= 15 is 0 Å². The van der Waals surface area contributed by atoms with E-state index < -0.39 is 0 Å². The number of hydrogen-bond donors (Lipinski definition) is 0. The fraction of sp³-hybridized carbons (Fsp3) is 0.538. The first-order chi connectivity index (χ1) is 8.56. The highest BCUT2D eigenvalue weighted by Gasteiger charge is 2.17. The number of piperidine rings is 1. The Bertz CT molecular complexity index is 443. The largest absolute Gasteiger partial charge is 0.299 e. The molecule has 0 atom stereocenters. The molecule has 2 rings (SSSR count). The fourth-order valence-corrected chi connectivity index (χ4v) is 2.67. The normalized spacial score (nSPS) is 17.9. The van der Waals surface area contributed by atoms with Crippen LogP contribution >= 0.6 is 15.9 Å². The van der Waals surface area contributed by atoms with E-state index in [1.165, 1.54) is 12.8 Å². The van der Waals surface area contributed by atoms with Crippen molar-refractivity contribution in [2.75, 3.05) is 13.1 Å². The molecule has 1 aromatic carbocycles. The Hall–Kier alpha value is -0.940. The van der Waals surface area contributed by atoms with E-state index in [1.54, 1.807) is 12.1 Å². The van der Waals surface area contributed by atoms with Crippen molar-refractivity contribution >= 4 is 21.6 Å². The molecule has 0 spiro atoms. The predicted octanol–water partition coefficient (Wildman–Crippen LogP) is 3.59. The Labute approximate surface area is 115 Å². The molecular formula is C13H17BrN2O2. The maximum Gasteiger partial charge on any atom is 0.283 e. The molecule has 5 heteroatoms. The smallest absolute Gasteiger partial charge is 0.283 e. The van der Waals surface area contributed by atoms with Crippen LogP contribution < -0.4 is 0 Å². The average Bonchev–Trinajstić information content (AvgIpc) is 2.34. The molecule has 1 aliphatic heterocycles. The Kier molecular flexibility index (Phi) is 4.35. The van der Waals surface area contributed by atoms with Crippen LogP contribution in [0.25, 0.3) is 0 Å². The molecule has 0 aliphatic carbocycles. The monoisotopic (exact) mass is 312 g/mol. The van der Waals surface area contributed by atoms with Gasteiger partial charge in [-0.2, -0.15) is 0 Å². The first-order valence-electron chi connectivity index (χ1n) is 6.21. The van der Waals surface area contributed by atoms with Crippen molar-refractivity contribution in [3.05, 3.63) is 38.3 Å². The Morgan fingerprint density at radius 1 is 1.44 bits per heavy atom. The minimum atomic E-state index is -0.341.